The largest absolute Gasteiger partial charge is 0.464 e. The Kier molecular flexibility index (Phi) is 5.07. The highest BCUT2D eigenvalue weighted by Crippen LogP contribution is 2.19. The zero-order valence-corrected chi connectivity index (χ0v) is 11.2. The van der Waals surface area contributed by atoms with E-state index in [0.717, 1.165) is 17.9 Å². The first-order valence-corrected chi connectivity index (χ1v) is 6.43. The van der Waals surface area contributed by atoms with Crippen LogP contribution in [0.2, 0.25) is 0 Å². The van der Waals surface area contributed by atoms with Crippen molar-refractivity contribution < 1.29 is 4.42 Å². The van der Waals surface area contributed by atoms with Crippen LogP contribution in [-0.4, -0.2) is 6.04 Å². The van der Waals surface area contributed by atoms with Gasteiger partial charge in [0.2, 0.25) is 0 Å². The van der Waals surface area contributed by atoms with Crippen LogP contribution >= 0.6 is 0 Å². The van der Waals surface area contributed by atoms with Crippen LogP contribution in [-0.2, 0) is 6.42 Å². The van der Waals surface area contributed by atoms with Gasteiger partial charge in [0.1, 0.15) is 11.5 Å². The molecule has 1 aromatic heterocycles. The molecule has 1 aromatic rings. The van der Waals surface area contributed by atoms with Gasteiger partial charge in [-0.05, 0) is 31.9 Å². The topological polar surface area (TPSA) is 25.2 Å². The third-order valence-electron chi connectivity index (χ3n) is 3.47. The summed E-state index contributed by atoms with van der Waals surface area (Å²) in [5.74, 6) is 2.81. The number of rotatable bonds is 6. The van der Waals surface area contributed by atoms with Crippen LogP contribution in [0.3, 0.4) is 0 Å². The quantitative estimate of drug-likeness (QED) is 0.790. The van der Waals surface area contributed by atoms with Crippen LogP contribution in [0.25, 0.3) is 0 Å². The van der Waals surface area contributed by atoms with Crippen molar-refractivity contribution in [1.82, 2.24) is 5.32 Å². The second kappa shape index (κ2) is 6.09. The maximum absolute atomic E-state index is 5.75. The smallest absolute Gasteiger partial charge is 0.120 e. The predicted molar refractivity (Wildman–Crippen MR) is 68.6 cm³/mol. The first-order valence-electron chi connectivity index (χ1n) is 6.43. The molecule has 0 saturated heterocycles. The molecule has 0 aromatic carbocycles. The Morgan fingerprint density at radius 1 is 1.19 bits per heavy atom. The predicted octanol–water partition coefficient (Wildman–Crippen LogP) is 3.93. The zero-order chi connectivity index (χ0) is 12.1. The molecule has 0 spiro atoms. The molecule has 3 atom stereocenters. The molecule has 0 bridgehead atoms. The Labute approximate surface area is 99.4 Å². The molecule has 2 nitrogen and oxygen atoms in total. The fraction of sp³-hybridized carbons (Fsp3) is 0.714. The van der Waals surface area contributed by atoms with Gasteiger partial charge in [-0.15, -0.1) is 0 Å². The monoisotopic (exact) mass is 223 g/mol. The standard InChI is InChI=1S/C14H25NO/c1-6-10(3)11(4)15-12(5)14-9-8-13(7-2)16-14/h8-12,15H,6-7H2,1-5H3. The highest BCUT2D eigenvalue weighted by Gasteiger charge is 2.16. The lowest BCUT2D eigenvalue weighted by Crippen LogP contribution is -2.33. The van der Waals surface area contributed by atoms with Gasteiger partial charge in [-0.25, -0.2) is 0 Å². The van der Waals surface area contributed by atoms with E-state index in [1.54, 1.807) is 0 Å². The molecule has 0 aliphatic carbocycles. The molecule has 0 aliphatic rings. The van der Waals surface area contributed by atoms with Gasteiger partial charge in [0.15, 0.2) is 0 Å². The summed E-state index contributed by atoms with van der Waals surface area (Å²) < 4.78 is 5.75. The zero-order valence-electron chi connectivity index (χ0n) is 11.2. The fourth-order valence-corrected chi connectivity index (χ4v) is 1.81. The third kappa shape index (κ3) is 3.38. The first kappa shape index (κ1) is 13.3. The summed E-state index contributed by atoms with van der Waals surface area (Å²) in [5.41, 5.74) is 0. The molecule has 3 unspecified atom stereocenters. The fourth-order valence-electron chi connectivity index (χ4n) is 1.81. The Morgan fingerprint density at radius 2 is 1.88 bits per heavy atom. The highest BCUT2D eigenvalue weighted by atomic mass is 16.3. The van der Waals surface area contributed by atoms with E-state index in [0.29, 0.717) is 18.0 Å². The van der Waals surface area contributed by atoms with Crippen LogP contribution < -0.4 is 5.32 Å². The van der Waals surface area contributed by atoms with E-state index in [1.165, 1.54) is 6.42 Å². The average Bonchev–Trinajstić information content (AvgIpc) is 2.76. The Hall–Kier alpha value is -0.760. The lowest BCUT2D eigenvalue weighted by Gasteiger charge is -2.23. The minimum Gasteiger partial charge on any atom is -0.464 e. The highest BCUT2D eigenvalue weighted by molar-refractivity contribution is 5.10. The number of furan rings is 1. The average molecular weight is 223 g/mol. The summed E-state index contributed by atoms with van der Waals surface area (Å²) in [7, 11) is 0. The molecule has 2 heteroatoms. The Bertz CT molecular complexity index is 305. The Balaban J connectivity index is 2.54. The summed E-state index contributed by atoms with van der Waals surface area (Å²) in [6.45, 7) is 11.0. The van der Waals surface area contributed by atoms with Crippen LogP contribution in [0.5, 0.6) is 0 Å². The van der Waals surface area contributed by atoms with Crippen molar-refractivity contribution in [2.45, 2.75) is 59.5 Å². The molecule has 0 amide bonds. The maximum atomic E-state index is 5.75. The van der Waals surface area contributed by atoms with Crippen LogP contribution in [0.15, 0.2) is 16.5 Å². The lowest BCUT2D eigenvalue weighted by molar-refractivity contribution is 0.327. The first-order chi connectivity index (χ1) is 7.58. The van der Waals surface area contributed by atoms with Crippen molar-refractivity contribution in [1.29, 1.82) is 0 Å². The molecule has 16 heavy (non-hydrogen) atoms. The van der Waals surface area contributed by atoms with E-state index < -0.39 is 0 Å². The van der Waals surface area contributed by atoms with E-state index >= 15 is 0 Å². The van der Waals surface area contributed by atoms with Crippen LogP contribution in [0.4, 0.5) is 0 Å². The van der Waals surface area contributed by atoms with Crippen molar-refractivity contribution in [2.75, 3.05) is 0 Å². The summed E-state index contributed by atoms with van der Waals surface area (Å²) >= 11 is 0. The third-order valence-corrected chi connectivity index (χ3v) is 3.47. The summed E-state index contributed by atoms with van der Waals surface area (Å²) in [4.78, 5) is 0. The van der Waals surface area contributed by atoms with Gasteiger partial charge in [0, 0.05) is 12.5 Å². The van der Waals surface area contributed by atoms with Crippen molar-refractivity contribution in [3.63, 3.8) is 0 Å². The molecule has 0 aliphatic heterocycles. The van der Waals surface area contributed by atoms with E-state index in [-0.39, 0.29) is 0 Å². The normalized spacial score (nSPS) is 17.1. The molecular weight excluding hydrogens is 198 g/mol. The Morgan fingerprint density at radius 3 is 2.38 bits per heavy atom. The van der Waals surface area contributed by atoms with Gasteiger partial charge in [-0.2, -0.15) is 0 Å². The van der Waals surface area contributed by atoms with E-state index in [1.807, 2.05) is 0 Å². The van der Waals surface area contributed by atoms with Crippen LogP contribution in [0.1, 0.15) is 58.6 Å². The number of nitrogens with one attached hydrogen (secondary N) is 1. The van der Waals surface area contributed by atoms with Crippen molar-refractivity contribution in [3.8, 4) is 0 Å². The van der Waals surface area contributed by atoms with Crippen molar-refractivity contribution in [3.05, 3.63) is 23.7 Å². The van der Waals surface area contributed by atoms with Gasteiger partial charge in [-0.1, -0.05) is 27.2 Å². The number of aryl methyl sites for hydroxylation is 1. The van der Waals surface area contributed by atoms with E-state index in [9.17, 15) is 0 Å². The summed E-state index contributed by atoms with van der Waals surface area (Å²) in [6.07, 6.45) is 2.17. The summed E-state index contributed by atoms with van der Waals surface area (Å²) in [6, 6.07) is 4.97. The molecule has 1 N–H and O–H groups in total. The summed E-state index contributed by atoms with van der Waals surface area (Å²) in [5, 5.41) is 3.59. The van der Waals surface area contributed by atoms with Gasteiger partial charge >= 0.3 is 0 Å². The van der Waals surface area contributed by atoms with Crippen molar-refractivity contribution >= 4 is 0 Å². The van der Waals surface area contributed by atoms with Crippen LogP contribution in [0, 0.1) is 5.92 Å². The van der Waals surface area contributed by atoms with E-state index in [4.69, 9.17) is 4.42 Å². The van der Waals surface area contributed by atoms with Gasteiger partial charge < -0.3 is 9.73 Å². The molecule has 1 rings (SSSR count). The molecule has 0 saturated carbocycles. The second-order valence-electron chi connectivity index (χ2n) is 4.72. The SMILES string of the molecule is CCc1ccc(C(C)NC(C)C(C)CC)o1. The number of hydrogen-bond donors (Lipinski definition) is 1. The maximum Gasteiger partial charge on any atom is 0.120 e. The van der Waals surface area contributed by atoms with E-state index in [2.05, 4.69) is 52.1 Å². The molecule has 92 valence electrons. The lowest BCUT2D eigenvalue weighted by atomic mass is 10.00. The molecule has 0 radical (unpaired) electrons. The minimum absolute atomic E-state index is 0.296. The molecular formula is C14H25NO. The number of hydrogen-bond acceptors (Lipinski definition) is 2. The molecule has 1 heterocycles. The van der Waals surface area contributed by atoms with Crippen molar-refractivity contribution in [2.24, 2.45) is 5.92 Å². The van der Waals surface area contributed by atoms with Gasteiger partial charge in [0.25, 0.3) is 0 Å². The molecule has 0 fully saturated rings. The van der Waals surface area contributed by atoms with Gasteiger partial charge in [0.05, 0.1) is 6.04 Å². The minimum atomic E-state index is 0.296. The van der Waals surface area contributed by atoms with Gasteiger partial charge in [-0.3, -0.25) is 0 Å². The second-order valence-corrected chi connectivity index (χ2v) is 4.72.